The zero-order valence-corrected chi connectivity index (χ0v) is 7.32. The molecule has 2 N–H and O–H groups in total. The Morgan fingerprint density at radius 2 is 2.17 bits per heavy atom. The molecule has 12 heavy (non-hydrogen) atoms. The number of hydrogen-bond acceptors (Lipinski definition) is 3. The molecule has 0 aliphatic heterocycles. The molecule has 0 aliphatic carbocycles. The monoisotopic (exact) mass is 192 g/mol. The van der Waals surface area contributed by atoms with Gasteiger partial charge < -0.3 is 4.74 Å². The summed E-state index contributed by atoms with van der Waals surface area (Å²) in [6.45, 7) is 0. The highest BCUT2D eigenvalue weighted by atomic mass is 35.5. The van der Waals surface area contributed by atoms with Crippen molar-refractivity contribution in [1.29, 1.82) is 0 Å². The second-order valence-corrected chi connectivity index (χ2v) is 1.95. The lowest BCUT2D eigenvalue weighted by Gasteiger charge is -2.03. The second-order valence-electron chi connectivity index (χ2n) is 1.95. The predicted molar refractivity (Wildman–Crippen MR) is 48.1 cm³/mol. The third-order valence-corrected chi connectivity index (χ3v) is 1.26. The lowest BCUT2D eigenvalue weighted by molar-refractivity contribution is 0.375. The number of ether oxygens (including phenoxy) is 1. The van der Waals surface area contributed by atoms with Crippen molar-refractivity contribution in [2.75, 3.05) is 12.5 Å². The Hall–Kier alpha value is -1.00. The first-order chi connectivity index (χ1) is 5.36. The van der Waals surface area contributed by atoms with Crippen LogP contribution in [0.2, 0.25) is 0 Å². The lowest BCUT2D eigenvalue weighted by Crippen LogP contribution is -2.09. The van der Waals surface area contributed by atoms with Crippen molar-refractivity contribution in [3.8, 4) is 5.75 Å². The van der Waals surface area contributed by atoms with Crippen LogP contribution in [0.5, 0.6) is 5.75 Å². The molecule has 1 aromatic rings. The highest BCUT2D eigenvalue weighted by Crippen LogP contribution is 2.15. The number of nitrogens with one attached hydrogen (secondary N) is 2. The molecule has 0 saturated heterocycles. The van der Waals surface area contributed by atoms with Gasteiger partial charge in [-0.2, -0.15) is 0 Å². The van der Waals surface area contributed by atoms with Gasteiger partial charge in [0.05, 0.1) is 12.8 Å². The molecule has 1 aromatic carbocycles. The molecule has 0 radical (unpaired) electrons. The first kappa shape index (κ1) is 11.0. The van der Waals surface area contributed by atoms with Gasteiger partial charge in [-0.3, -0.25) is 5.43 Å². The third-order valence-electron chi connectivity index (χ3n) is 1.26. The van der Waals surface area contributed by atoms with Crippen LogP contribution < -0.4 is 15.8 Å². The zero-order valence-electron chi connectivity index (χ0n) is 6.50. The van der Waals surface area contributed by atoms with E-state index in [1.807, 2.05) is 0 Å². The van der Waals surface area contributed by atoms with E-state index in [2.05, 4.69) is 5.43 Å². The molecule has 0 atom stereocenters. The molecule has 0 heterocycles. The van der Waals surface area contributed by atoms with E-state index >= 15 is 0 Å². The first-order valence-electron chi connectivity index (χ1n) is 3.12. The Labute approximate surface area is 76.2 Å². The third kappa shape index (κ3) is 2.94. The number of hydrazine groups is 1. The number of hydrogen-bond donors (Lipinski definition) is 2. The summed E-state index contributed by atoms with van der Waals surface area (Å²) in [5.74, 6) is 0.685. The van der Waals surface area contributed by atoms with Crippen molar-refractivity contribution in [3.05, 3.63) is 24.3 Å². The first-order valence-corrected chi connectivity index (χ1v) is 3.12. The van der Waals surface area contributed by atoms with Gasteiger partial charge in [-0.05, 0) is 12.1 Å². The average molecular weight is 193 g/mol. The van der Waals surface area contributed by atoms with Crippen molar-refractivity contribution < 1.29 is 9.22 Å². The number of halogens is 2. The summed E-state index contributed by atoms with van der Waals surface area (Å²) in [5, 5.41) is 0. The fraction of sp³-hybridized carbons (Fsp3) is 0.143. The number of methoxy groups -OCH3 is 1. The fourth-order valence-corrected chi connectivity index (χ4v) is 0.755. The number of rotatable bonds is 3. The van der Waals surface area contributed by atoms with Crippen molar-refractivity contribution in [3.63, 3.8) is 0 Å². The van der Waals surface area contributed by atoms with Crippen LogP contribution in [0.15, 0.2) is 24.3 Å². The van der Waals surface area contributed by atoms with Crippen LogP contribution in [-0.2, 0) is 0 Å². The SMILES string of the molecule is COc1cccc(NNF)c1.Cl. The van der Waals surface area contributed by atoms with Gasteiger partial charge in [0.1, 0.15) is 5.75 Å². The fourth-order valence-electron chi connectivity index (χ4n) is 0.755. The van der Waals surface area contributed by atoms with Crippen LogP contribution in [0.1, 0.15) is 0 Å². The van der Waals surface area contributed by atoms with E-state index in [1.165, 1.54) is 5.65 Å². The van der Waals surface area contributed by atoms with Crippen LogP contribution in [0, 0.1) is 0 Å². The zero-order chi connectivity index (χ0) is 8.10. The van der Waals surface area contributed by atoms with E-state index < -0.39 is 0 Å². The van der Waals surface area contributed by atoms with Gasteiger partial charge in [0.2, 0.25) is 0 Å². The molecule has 0 spiro atoms. The summed E-state index contributed by atoms with van der Waals surface area (Å²) in [7, 11) is 1.56. The summed E-state index contributed by atoms with van der Waals surface area (Å²) in [4.78, 5) is 0. The van der Waals surface area contributed by atoms with E-state index in [1.54, 1.807) is 31.4 Å². The molecule has 0 saturated carbocycles. The minimum absolute atomic E-state index is 0. The van der Waals surface area contributed by atoms with Gasteiger partial charge in [0.15, 0.2) is 0 Å². The highest BCUT2D eigenvalue weighted by molar-refractivity contribution is 5.85. The van der Waals surface area contributed by atoms with Gasteiger partial charge >= 0.3 is 0 Å². The van der Waals surface area contributed by atoms with Crippen LogP contribution in [0.25, 0.3) is 0 Å². The molecule has 68 valence electrons. The van der Waals surface area contributed by atoms with Gasteiger partial charge in [-0.15, -0.1) is 16.9 Å². The molecule has 0 amide bonds. The van der Waals surface area contributed by atoms with Crippen LogP contribution in [0.4, 0.5) is 10.2 Å². The Morgan fingerprint density at radius 1 is 1.42 bits per heavy atom. The molecule has 0 fully saturated rings. The Kier molecular flexibility index (Phi) is 5.16. The molecule has 5 heteroatoms. The molecule has 1 rings (SSSR count). The standard InChI is InChI=1S/C7H9FN2O.ClH/c1-11-7-4-2-3-6(5-7)9-10-8;/h2-5,9-10H,1H3;1H. The summed E-state index contributed by atoms with van der Waals surface area (Å²) < 4.78 is 16.4. The molecule has 0 bridgehead atoms. The second kappa shape index (κ2) is 5.62. The van der Waals surface area contributed by atoms with Crippen LogP contribution in [0.3, 0.4) is 0 Å². The maximum atomic E-state index is 11.5. The topological polar surface area (TPSA) is 33.3 Å². The van der Waals surface area contributed by atoms with E-state index in [9.17, 15) is 4.48 Å². The van der Waals surface area contributed by atoms with Crippen molar-refractivity contribution >= 4 is 18.1 Å². The van der Waals surface area contributed by atoms with Crippen molar-refractivity contribution in [2.24, 2.45) is 0 Å². The summed E-state index contributed by atoms with van der Waals surface area (Å²) in [5.41, 5.74) is 4.23. The average Bonchev–Trinajstić information content (AvgIpc) is 2.06. The smallest absolute Gasteiger partial charge is 0.120 e. The Bertz CT molecular complexity index is 234. The Morgan fingerprint density at radius 3 is 2.75 bits per heavy atom. The van der Waals surface area contributed by atoms with E-state index in [-0.39, 0.29) is 12.4 Å². The van der Waals surface area contributed by atoms with E-state index in [4.69, 9.17) is 4.74 Å². The predicted octanol–water partition coefficient (Wildman–Crippen LogP) is 1.92. The van der Waals surface area contributed by atoms with Crippen molar-refractivity contribution in [2.45, 2.75) is 0 Å². The van der Waals surface area contributed by atoms with Crippen molar-refractivity contribution in [1.82, 2.24) is 5.65 Å². The van der Waals surface area contributed by atoms with E-state index in [0.717, 1.165) is 0 Å². The quantitative estimate of drug-likeness (QED) is 0.567. The Balaban J connectivity index is 0.00000121. The van der Waals surface area contributed by atoms with Gasteiger partial charge in [0.25, 0.3) is 0 Å². The molecule has 3 nitrogen and oxygen atoms in total. The molecule has 0 aliphatic rings. The van der Waals surface area contributed by atoms with E-state index in [0.29, 0.717) is 11.4 Å². The molecular formula is C7H10ClFN2O. The molecule has 0 aromatic heterocycles. The minimum Gasteiger partial charge on any atom is -0.497 e. The van der Waals surface area contributed by atoms with Gasteiger partial charge in [0, 0.05) is 6.07 Å². The summed E-state index contributed by atoms with van der Waals surface area (Å²) in [6, 6.07) is 6.93. The minimum atomic E-state index is 0. The maximum Gasteiger partial charge on any atom is 0.120 e. The van der Waals surface area contributed by atoms with Crippen LogP contribution in [-0.4, -0.2) is 7.11 Å². The van der Waals surface area contributed by atoms with Gasteiger partial charge in [-0.1, -0.05) is 11.7 Å². The number of anilines is 1. The molecular weight excluding hydrogens is 183 g/mol. The summed E-state index contributed by atoms with van der Waals surface area (Å²) >= 11 is 0. The maximum absolute atomic E-state index is 11.5. The largest absolute Gasteiger partial charge is 0.497 e. The normalized spacial score (nSPS) is 8.50. The highest BCUT2D eigenvalue weighted by Gasteiger charge is 1.92. The molecule has 0 unspecified atom stereocenters. The van der Waals surface area contributed by atoms with Gasteiger partial charge in [-0.25, -0.2) is 0 Å². The number of benzene rings is 1. The lowest BCUT2D eigenvalue weighted by atomic mass is 10.3. The van der Waals surface area contributed by atoms with Crippen LogP contribution >= 0.6 is 12.4 Å². The summed E-state index contributed by atoms with van der Waals surface area (Å²) in [6.07, 6.45) is 0.